The molecule has 0 N–H and O–H groups in total. The highest BCUT2D eigenvalue weighted by Crippen LogP contribution is 2.34. The van der Waals surface area contributed by atoms with Crippen LogP contribution in [0.4, 0.5) is 13.2 Å². The molecule has 1 heterocycles. The first kappa shape index (κ1) is 20.7. The molecule has 1 aliphatic rings. The van der Waals surface area contributed by atoms with Gasteiger partial charge in [0.15, 0.2) is 17.9 Å². The standard InChI is InChI=1S/C22H25F3O3/c1-3-11-27-19-9-8-17(21(24)22(19)25)16-7-5-14(12-18(16)23)15-6-10-20(26-4-2)28-13-15/h5,7-9,12,15,20H,3-4,6,10-11,13H2,1-2H3. The summed E-state index contributed by atoms with van der Waals surface area (Å²) in [7, 11) is 0. The number of ether oxygens (including phenoxy) is 3. The third-order valence-electron chi connectivity index (χ3n) is 4.85. The summed E-state index contributed by atoms with van der Waals surface area (Å²) < 4.78 is 59.7. The maximum Gasteiger partial charge on any atom is 0.201 e. The van der Waals surface area contributed by atoms with Crippen molar-refractivity contribution in [1.82, 2.24) is 0 Å². The lowest BCUT2D eigenvalue weighted by atomic mass is 9.91. The average molecular weight is 394 g/mol. The fourth-order valence-electron chi connectivity index (χ4n) is 3.37. The molecule has 1 aliphatic heterocycles. The molecule has 0 radical (unpaired) electrons. The lowest BCUT2D eigenvalue weighted by Gasteiger charge is -2.29. The molecular weight excluding hydrogens is 369 g/mol. The highest BCUT2D eigenvalue weighted by Gasteiger charge is 2.24. The quantitative estimate of drug-likeness (QED) is 0.593. The third-order valence-corrected chi connectivity index (χ3v) is 4.85. The SMILES string of the molecule is CCCOc1ccc(-c2ccc(C3CCC(OCC)OC3)cc2F)c(F)c1F. The summed E-state index contributed by atoms with van der Waals surface area (Å²) in [5.41, 5.74) is 0.674. The minimum atomic E-state index is -1.11. The predicted octanol–water partition coefficient (Wildman–Crippen LogP) is 5.82. The second kappa shape index (κ2) is 9.43. The van der Waals surface area contributed by atoms with Gasteiger partial charge in [-0.15, -0.1) is 0 Å². The van der Waals surface area contributed by atoms with Gasteiger partial charge >= 0.3 is 0 Å². The zero-order chi connectivity index (χ0) is 20.1. The van der Waals surface area contributed by atoms with E-state index < -0.39 is 17.5 Å². The summed E-state index contributed by atoms with van der Waals surface area (Å²) in [5.74, 6) is -2.92. The van der Waals surface area contributed by atoms with Gasteiger partial charge in [0.25, 0.3) is 0 Å². The summed E-state index contributed by atoms with van der Waals surface area (Å²) in [6, 6.07) is 7.29. The Morgan fingerprint density at radius 1 is 1.00 bits per heavy atom. The van der Waals surface area contributed by atoms with E-state index in [9.17, 15) is 13.2 Å². The van der Waals surface area contributed by atoms with Gasteiger partial charge in [0.2, 0.25) is 5.82 Å². The van der Waals surface area contributed by atoms with Gasteiger partial charge in [0.05, 0.1) is 13.2 Å². The van der Waals surface area contributed by atoms with Crippen LogP contribution >= 0.6 is 0 Å². The van der Waals surface area contributed by atoms with E-state index in [4.69, 9.17) is 14.2 Å². The fourth-order valence-corrected chi connectivity index (χ4v) is 3.37. The van der Waals surface area contributed by atoms with Crippen LogP contribution in [-0.4, -0.2) is 26.1 Å². The second-order valence-corrected chi connectivity index (χ2v) is 6.82. The molecular formula is C22H25F3O3. The van der Waals surface area contributed by atoms with Crippen molar-refractivity contribution >= 4 is 0 Å². The van der Waals surface area contributed by atoms with E-state index in [2.05, 4.69) is 0 Å². The van der Waals surface area contributed by atoms with Crippen molar-refractivity contribution in [3.05, 3.63) is 53.3 Å². The van der Waals surface area contributed by atoms with Gasteiger partial charge in [0.1, 0.15) is 5.82 Å². The molecule has 3 rings (SSSR count). The molecule has 28 heavy (non-hydrogen) atoms. The normalized spacial score (nSPS) is 19.6. The Balaban J connectivity index is 1.79. The molecule has 2 atom stereocenters. The van der Waals surface area contributed by atoms with Crippen LogP contribution in [0.2, 0.25) is 0 Å². The van der Waals surface area contributed by atoms with Gasteiger partial charge < -0.3 is 14.2 Å². The van der Waals surface area contributed by atoms with Crippen molar-refractivity contribution in [1.29, 1.82) is 0 Å². The molecule has 152 valence electrons. The number of hydrogen-bond acceptors (Lipinski definition) is 3. The lowest BCUT2D eigenvalue weighted by Crippen LogP contribution is -2.27. The number of rotatable bonds is 7. The molecule has 0 aromatic heterocycles. The molecule has 2 unspecified atom stereocenters. The van der Waals surface area contributed by atoms with Crippen LogP contribution in [0.3, 0.4) is 0 Å². The maximum absolute atomic E-state index is 14.7. The monoisotopic (exact) mass is 394 g/mol. The lowest BCUT2D eigenvalue weighted by molar-refractivity contribution is -0.164. The van der Waals surface area contributed by atoms with Crippen molar-refractivity contribution in [3.8, 4) is 16.9 Å². The minimum absolute atomic E-state index is 0.0195. The highest BCUT2D eigenvalue weighted by atomic mass is 19.2. The Hall–Kier alpha value is -2.05. The van der Waals surface area contributed by atoms with Crippen molar-refractivity contribution in [2.75, 3.05) is 19.8 Å². The van der Waals surface area contributed by atoms with Crippen molar-refractivity contribution < 1.29 is 27.4 Å². The summed E-state index contributed by atoms with van der Waals surface area (Å²) in [4.78, 5) is 0. The van der Waals surface area contributed by atoms with E-state index >= 15 is 0 Å². The van der Waals surface area contributed by atoms with Crippen LogP contribution in [0, 0.1) is 17.5 Å². The second-order valence-electron chi connectivity index (χ2n) is 6.82. The van der Waals surface area contributed by atoms with E-state index in [1.54, 1.807) is 6.07 Å². The number of halogens is 3. The zero-order valence-electron chi connectivity index (χ0n) is 16.1. The minimum Gasteiger partial charge on any atom is -0.490 e. The Kier molecular flexibility index (Phi) is 6.97. The van der Waals surface area contributed by atoms with Crippen LogP contribution in [0.15, 0.2) is 30.3 Å². The molecule has 3 nitrogen and oxygen atoms in total. The third kappa shape index (κ3) is 4.50. The topological polar surface area (TPSA) is 27.7 Å². The predicted molar refractivity (Wildman–Crippen MR) is 101 cm³/mol. The largest absolute Gasteiger partial charge is 0.490 e. The number of hydrogen-bond donors (Lipinski definition) is 0. The Morgan fingerprint density at radius 3 is 2.43 bits per heavy atom. The van der Waals surface area contributed by atoms with E-state index in [1.807, 2.05) is 13.8 Å². The summed E-state index contributed by atoms with van der Waals surface area (Å²) in [6.45, 7) is 5.09. The first-order valence-electron chi connectivity index (χ1n) is 9.68. The van der Waals surface area contributed by atoms with E-state index in [0.29, 0.717) is 19.6 Å². The molecule has 1 fully saturated rings. The van der Waals surface area contributed by atoms with Crippen molar-refractivity contribution in [3.63, 3.8) is 0 Å². The van der Waals surface area contributed by atoms with Crippen molar-refractivity contribution in [2.45, 2.75) is 45.3 Å². The fraction of sp³-hybridized carbons (Fsp3) is 0.455. The van der Waals surface area contributed by atoms with Crippen LogP contribution in [0.1, 0.15) is 44.6 Å². The first-order chi connectivity index (χ1) is 13.5. The Bertz CT molecular complexity index is 802. The number of benzene rings is 2. The van der Waals surface area contributed by atoms with Gasteiger partial charge in [-0.2, -0.15) is 4.39 Å². The highest BCUT2D eigenvalue weighted by molar-refractivity contribution is 5.66. The molecule has 0 aliphatic carbocycles. The molecule has 0 spiro atoms. The summed E-state index contributed by atoms with van der Waals surface area (Å²) >= 11 is 0. The molecule has 0 saturated carbocycles. The Morgan fingerprint density at radius 2 is 1.79 bits per heavy atom. The van der Waals surface area contributed by atoms with Gasteiger partial charge in [-0.1, -0.05) is 19.1 Å². The van der Waals surface area contributed by atoms with Gasteiger partial charge in [-0.25, -0.2) is 8.78 Å². The maximum atomic E-state index is 14.7. The van der Waals surface area contributed by atoms with Crippen LogP contribution < -0.4 is 4.74 Å². The van der Waals surface area contributed by atoms with Gasteiger partial charge in [-0.3, -0.25) is 0 Å². The van der Waals surface area contributed by atoms with Crippen LogP contribution in [0.5, 0.6) is 5.75 Å². The van der Waals surface area contributed by atoms with E-state index in [1.165, 1.54) is 24.3 Å². The molecule has 0 bridgehead atoms. The molecule has 1 saturated heterocycles. The zero-order valence-corrected chi connectivity index (χ0v) is 16.1. The molecule has 0 amide bonds. The van der Waals surface area contributed by atoms with Crippen LogP contribution in [-0.2, 0) is 9.47 Å². The summed E-state index contributed by atoms with van der Waals surface area (Å²) in [6.07, 6.45) is 2.02. The molecule has 6 heteroatoms. The smallest absolute Gasteiger partial charge is 0.201 e. The van der Waals surface area contributed by atoms with E-state index in [0.717, 1.165) is 18.4 Å². The Labute approximate surface area is 163 Å². The molecule has 2 aromatic carbocycles. The van der Waals surface area contributed by atoms with Gasteiger partial charge in [-0.05, 0) is 49.9 Å². The molecule has 2 aromatic rings. The van der Waals surface area contributed by atoms with E-state index in [-0.39, 0.29) is 35.7 Å². The van der Waals surface area contributed by atoms with Gasteiger partial charge in [0, 0.05) is 23.7 Å². The first-order valence-corrected chi connectivity index (χ1v) is 9.68. The summed E-state index contributed by atoms with van der Waals surface area (Å²) in [5, 5.41) is 0. The average Bonchev–Trinajstić information content (AvgIpc) is 2.70. The van der Waals surface area contributed by atoms with Crippen LogP contribution in [0.25, 0.3) is 11.1 Å². The van der Waals surface area contributed by atoms with Crippen molar-refractivity contribution in [2.24, 2.45) is 0 Å².